The van der Waals surface area contributed by atoms with E-state index in [4.69, 9.17) is 17.0 Å². The average molecular weight is 328 g/mol. The first kappa shape index (κ1) is 17.0. The van der Waals surface area contributed by atoms with Crippen LogP contribution in [0.1, 0.15) is 18.1 Å². The lowest BCUT2D eigenvalue weighted by atomic mass is 10.2. The summed E-state index contributed by atoms with van der Waals surface area (Å²) in [5.74, 6) is 0.365. The van der Waals surface area contributed by atoms with Gasteiger partial charge in [-0.1, -0.05) is 36.8 Å². The second-order valence-electron chi connectivity index (χ2n) is 5.15. The van der Waals surface area contributed by atoms with Gasteiger partial charge in [0.15, 0.2) is 11.7 Å². The molecule has 2 aromatic carbocycles. The van der Waals surface area contributed by atoms with Gasteiger partial charge in [-0.25, -0.2) is 0 Å². The molecule has 2 rings (SSSR count). The fraction of sp³-hybridized carbons (Fsp3) is 0.222. The molecule has 0 bridgehead atoms. The number of carbonyl (C=O) groups is 1. The number of carbonyl (C=O) groups excluding carboxylic acids is 1. The molecular weight excluding hydrogens is 308 g/mol. The molecule has 2 N–H and O–H groups in total. The number of aryl methyl sites for hydroxylation is 2. The number of anilines is 1. The Bertz CT molecular complexity index is 666. The number of thiocarbonyl (C=S) groups is 1. The van der Waals surface area contributed by atoms with Gasteiger partial charge >= 0.3 is 0 Å². The summed E-state index contributed by atoms with van der Waals surface area (Å²) < 4.78 is 5.43. The van der Waals surface area contributed by atoms with E-state index in [2.05, 4.69) is 17.6 Å². The molecule has 4 nitrogen and oxygen atoms in total. The van der Waals surface area contributed by atoms with Crippen LogP contribution >= 0.6 is 12.2 Å². The Morgan fingerprint density at radius 1 is 1.09 bits per heavy atom. The Labute approximate surface area is 141 Å². The number of hydrogen-bond acceptors (Lipinski definition) is 3. The molecule has 23 heavy (non-hydrogen) atoms. The zero-order chi connectivity index (χ0) is 16.7. The van der Waals surface area contributed by atoms with Crippen molar-refractivity contribution in [2.45, 2.75) is 20.3 Å². The molecule has 1 amide bonds. The minimum Gasteiger partial charge on any atom is -0.484 e. The van der Waals surface area contributed by atoms with E-state index in [9.17, 15) is 4.79 Å². The van der Waals surface area contributed by atoms with Crippen LogP contribution in [-0.4, -0.2) is 17.6 Å². The molecule has 0 heterocycles. The highest BCUT2D eigenvalue weighted by Crippen LogP contribution is 2.12. The third kappa shape index (κ3) is 5.71. The highest BCUT2D eigenvalue weighted by molar-refractivity contribution is 7.80. The van der Waals surface area contributed by atoms with Crippen LogP contribution in [0.2, 0.25) is 0 Å². The zero-order valence-electron chi connectivity index (χ0n) is 13.3. The first-order chi connectivity index (χ1) is 11.1. The zero-order valence-corrected chi connectivity index (χ0v) is 14.1. The molecular formula is C18H20N2O2S. The maximum Gasteiger partial charge on any atom is 0.264 e. The Morgan fingerprint density at radius 3 is 2.35 bits per heavy atom. The summed E-state index contributed by atoms with van der Waals surface area (Å²) in [5.41, 5.74) is 3.22. The topological polar surface area (TPSA) is 50.4 Å². The number of nitrogens with one attached hydrogen (secondary N) is 2. The van der Waals surface area contributed by atoms with Crippen LogP contribution in [-0.2, 0) is 11.2 Å². The summed E-state index contributed by atoms with van der Waals surface area (Å²) in [5, 5.41) is 5.80. The normalized spacial score (nSPS) is 10.0. The smallest absolute Gasteiger partial charge is 0.264 e. The van der Waals surface area contributed by atoms with Gasteiger partial charge in [-0.2, -0.15) is 0 Å². The number of benzene rings is 2. The van der Waals surface area contributed by atoms with Crippen molar-refractivity contribution >= 4 is 28.9 Å². The minimum atomic E-state index is -0.297. The molecule has 0 fully saturated rings. The van der Waals surface area contributed by atoms with Gasteiger partial charge in [0.2, 0.25) is 0 Å². The van der Waals surface area contributed by atoms with Gasteiger partial charge in [0.1, 0.15) is 5.75 Å². The van der Waals surface area contributed by atoms with Crippen molar-refractivity contribution in [1.82, 2.24) is 5.32 Å². The summed E-state index contributed by atoms with van der Waals surface area (Å²) in [6.07, 6.45) is 0.972. The Balaban J connectivity index is 1.77. The Hall–Kier alpha value is -2.40. The van der Waals surface area contributed by atoms with Crippen molar-refractivity contribution < 1.29 is 9.53 Å². The second-order valence-corrected chi connectivity index (χ2v) is 5.56. The first-order valence-corrected chi connectivity index (χ1v) is 7.87. The number of amides is 1. The number of ether oxygens (including phenoxy) is 1. The van der Waals surface area contributed by atoms with E-state index in [1.54, 1.807) is 0 Å². The number of hydrogen-bond donors (Lipinski definition) is 2. The van der Waals surface area contributed by atoms with Gasteiger partial charge in [-0.15, -0.1) is 0 Å². The van der Waals surface area contributed by atoms with Gasteiger partial charge in [0, 0.05) is 5.69 Å². The van der Waals surface area contributed by atoms with Gasteiger partial charge in [0.25, 0.3) is 5.91 Å². The lowest BCUT2D eigenvalue weighted by Gasteiger charge is -2.10. The lowest BCUT2D eigenvalue weighted by Crippen LogP contribution is -2.37. The molecule has 2 aromatic rings. The molecule has 0 aromatic heterocycles. The summed E-state index contributed by atoms with van der Waals surface area (Å²) in [6, 6.07) is 15.4. The molecule has 0 spiro atoms. The fourth-order valence-electron chi connectivity index (χ4n) is 1.93. The standard InChI is InChI=1S/C18H20N2O2S/c1-3-14-6-10-16(11-7-14)22-12-17(21)20-18(23)19-15-8-4-13(2)5-9-15/h4-11H,3,12H2,1-2H3,(H2,19,20,21,23). The van der Waals surface area contributed by atoms with Crippen molar-refractivity contribution in [2.75, 3.05) is 11.9 Å². The highest BCUT2D eigenvalue weighted by atomic mass is 32.1. The maximum absolute atomic E-state index is 11.8. The monoisotopic (exact) mass is 328 g/mol. The first-order valence-electron chi connectivity index (χ1n) is 7.46. The van der Waals surface area contributed by atoms with Crippen molar-refractivity contribution in [3.63, 3.8) is 0 Å². The minimum absolute atomic E-state index is 0.0822. The fourth-order valence-corrected chi connectivity index (χ4v) is 2.16. The molecule has 0 saturated heterocycles. The van der Waals surface area contributed by atoms with Crippen LogP contribution in [0.5, 0.6) is 5.75 Å². The van der Waals surface area contributed by atoms with E-state index in [1.807, 2.05) is 55.5 Å². The SMILES string of the molecule is CCc1ccc(OCC(=O)NC(=S)Nc2ccc(C)cc2)cc1. The Morgan fingerprint density at radius 2 is 1.74 bits per heavy atom. The van der Waals surface area contributed by atoms with Crippen molar-refractivity contribution in [1.29, 1.82) is 0 Å². The van der Waals surface area contributed by atoms with Crippen molar-refractivity contribution in [3.8, 4) is 5.75 Å². The molecule has 0 radical (unpaired) electrons. The van der Waals surface area contributed by atoms with E-state index in [1.165, 1.54) is 5.56 Å². The third-order valence-corrected chi connectivity index (χ3v) is 3.47. The molecule has 120 valence electrons. The van der Waals surface area contributed by atoms with E-state index in [-0.39, 0.29) is 17.6 Å². The second kappa shape index (κ2) is 8.29. The van der Waals surface area contributed by atoms with E-state index < -0.39 is 0 Å². The van der Waals surface area contributed by atoms with E-state index in [0.717, 1.165) is 17.7 Å². The van der Waals surface area contributed by atoms with Crippen molar-refractivity contribution in [3.05, 3.63) is 59.7 Å². The predicted molar refractivity (Wildman–Crippen MR) is 96.9 cm³/mol. The summed E-state index contributed by atoms with van der Waals surface area (Å²) >= 11 is 5.11. The molecule has 5 heteroatoms. The largest absolute Gasteiger partial charge is 0.484 e. The van der Waals surface area contributed by atoms with Crippen LogP contribution in [0.4, 0.5) is 5.69 Å². The van der Waals surface area contributed by atoms with Crippen LogP contribution in [0.25, 0.3) is 0 Å². The highest BCUT2D eigenvalue weighted by Gasteiger charge is 2.06. The van der Waals surface area contributed by atoms with Gasteiger partial charge in [-0.05, 0) is 55.4 Å². The maximum atomic E-state index is 11.8. The lowest BCUT2D eigenvalue weighted by molar-refractivity contribution is -0.121. The summed E-state index contributed by atoms with van der Waals surface area (Å²) in [4.78, 5) is 11.8. The van der Waals surface area contributed by atoms with Crippen molar-refractivity contribution in [2.24, 2.45) is 0 Å². The Kier molecular flexibility index (Phi) is 6.11. The number of rotatable bonds is 5. The molecule has 0 atom stereocenters. The predicted octanol–water partition coefficient (Wildman–Crippen LogP) is 3.45. The molecule has 0 aliphatic rings. The van der Waals surface area contributed by atoms with Crippen LogP contribution in [0.3, 0.4) is 0 Å². The third-order valence-electron chi connectivity index (χ3n) is 3.26. The summed E-state index contributed by atoms with van der Waals surface area (Å²) in [7, 11) is 0. The molecule has 0 aliphatic carbocycles. The van der Waals surface area contributed by atoms with Gasteiger partial charge in [-0.3, -0.25) is 10.1 Å². The van der Waals surface area contributed by atoms with Gasteiger partial charge in [0.05, 0.1) is 0 Å². The molecule has 0 aliphatic heterocycles. The van der Waals surface area contributed by atoms with Gasteiger partial charge < -0.3 is 10.1 Å². The quantitative estimate of drug-likeness (QED) is 0.826. The van der Waals surface area contributed by atoms with Crippen LogP contribution in [0, 0.1) is 6.92 Å². The van der Waals surface area contributed by atoms with E-state index in [0.29, 0.717) is 5.75 Å². The molecule has 0 saturated carbocycles. The summed E-state index contributed by atoms with van der Waals surface area (Å²) in [6.45, 7) is 4.01. The molecule has 0 unspecified atom stereocenters. The van der Waals surface area contributed by atoms with Crippen LogP contribution in [0.15, 0.2) is 48.5 Å². The van der Waals surface area contributed by atoms with E-state index >= 15 is 0 Å². The average Bonchev–Trinajstić information content (AvgIpc) is 2.55. The van der Waals surface area contributed by atoms with Crippen LogP contribution < -0.4 is 15.4 Å².